The van der Waals surface area contributed by atoms with E-state index in [-0.39, 0.29) is 0 Å². The Balaban J connectivity index is 3.09. The third-order valence-electron chi connectivity index (χ3n) is 2.78. The summed E-state index contributed by atoms with van der Waals surface area (Å²) in [7, 11) is 0. The van der Waals surface area contributed by atoms with E-state index < -0.39 is 61.0 Å². The van der Waals surface area contributed by atoms with E-state index in [0.29, 0.717) is 0 Å². The maximum Gasteiger partial charge on any atom is 0.428 e. The molecule has 1 aliphatic carbocycles. The van der Waals surface area contributed by atoms with Crippen LogP contribution >= 0.6 is 0 Å². The number of halogens is 9. The summed E-state index contributed by atoms with van der Waals surface area (Å²) in [5.41, 5.74) is -3.21. The predicted octanol–water partition coefficient (Wildman–Crippen LogP) is 4.07. The molecule has 122 valence electrons. The van der Waals surface area contributed by atoms with Gasteiger partial charge in [-0.25, -0.2) is 9.18 Å². The van der Waals surface area contributed by atoms with Crippen LogP contribution in [0, 0.1) is 0 Å². The third-order valence-corrected chi connectivity index (χ3v) is 2.78. The van der Waals surface area contributed by atoms with Crippen molar-refractivity contribution in [2.45, 2.75) is 43.4 Å². The second-order valence-corrected chi connectivity index (χ2v) is 4.23. The fourth-order valence-electron chi connectivity index (χ4n) is 1.71. The third kappa shape index (κ3) is 3.26. The average molecular weight is 330 g/mol. The Hall–Kier alpha value is -1.42. The zero-order valence-electron chi connectivity index (χ0n) is 9.92. The molecule has 21 heavy (non-hydrogen) atoms. The van der Waals surface area contributed by atoms with Gasteiger partial charge in [-0.15, -0.1) is 0 Å². The lowest BCUT2D eigenvalue weighted by molar-refractivity contribution is -0.300. The van der Waals surface area contributed by atoms with E-state index in [1.165, 1.54) is 0 Å². The van der Waals surface area contributed by atoms with E-state index in [1.807, 2.05) is 0 Å². The van der Waals surface area contributed by atoms with Crippen LogP contribution in [0.2, 0.25) is 0 Å². The molecule has 0 aromatic heterocycles. The summed E-state index contributed by atoms with van der Waals surface area (Å²) in [6.45, 7) is 0. The predicted molar refractivity (Wildman–Crippen MR) is 48.9 cm³/mol. The highest BCUT2D eigenvalue weighted by atomic mass is 19.4. The van der Waals surface area contributed by atoms with E-state index >= 15 is 0 Å². The molecule has 0 saturated heterocycles. The molecule has 0 N–H and O–H groups in total. The van der Waals surface area contributed by atoms with Crippen molar-refractivity contribution in [2.75, 3.05) is 0 Å². The van der Waals surface area contributed by atoms with E-state index in [2.05, 4.69) is 4.74 Å². The maximum absolute atomic E-state index is 13.8. The molecule has 11 heteroatoms. The molecule has 0 heterocycles. The molecule has 0 bridgehead atoms. The van der Waals surface area contributed by atoms with Gasteiger partial charge in [0.15, 0.2) is 6.17 Å². The molecule has 1 rings (SSSR count). The first-order chi connectivity index (χ1) is 9.33. The van der Waals surface area contributed by atoms with Crippen LogP contribution in [0.1, 0.15) is 19.3 Å². The van der Waals surface area contributed by atoms with Crippen molar-refractivity contribution in [2.24, 2.45) is 0 Å². The quantitative estimate of drug-likeness (QED) is 0.433. The van der Waals surface area contributed by atoms with Gasteiger partial charge in [-0.1, -0.05) is 0 Å². The first-order valence-electron chi connectivity index (χ1n) is 5.39. The number of carbonyl (C=O) groups is 1. The zero-order valence-corrected chi connectivity index (χ0v) is 9.92. The van der Waals surface area contributed by atoms with E-state index in [9.17, 15) is 44.3 Å². The van der Waals surface area contributed by atoms with Crippen molar-refractivity contribution in [3.63, 3.8) is 0 Å². The second kappa shape index (κ2) is 5.41. The van der Waals surface area contributed by atoms with Crippen molar-refractivity contribution < 1.29 is 49.0 Å². The fraction of sp³-hybridized carbons (Fsp3) is 0.700. The highest BCUT2D eigenvalue weighted by Gasteiger charge is 2.66. The summed E-state index contributed by atoms with van der Waals surface area (Å²) >= 11 is 0. The van der Waals surface area contributed by atoms with Crippen LogP contribution in [0.4, 0.5) is 39.5 Å². The minimum Gasteiger partial charge on any atom is -0.418 e. The molecule has 0 aromatic rings. The van der Waals surface area contributed by atoms with Gasteiger partial charge in [0.05, 0.1) is 0 Å². The van der Waals surface area contributed by atoms with Crippen LogP contribution < -0.4 is 0 Å². The number of hydrogen-bond donors (Lipinski definition) is 0. The SMILES string of the molecule is O=C(OC1(F)CCCC(F)C1(F)F)C(=C(F)F)C(F)(F)F. The van der Waals surface area contributed by atoms with Crippen LogP contribution in [0.3, 0.4) is 0 Å². The lowest BCUT2D eigenvalue weighted by Gasteiger charge is -2.38. The Kier molecular flexibility index (Phi) is 4.54. The number of alkyl halides is 7. The number of hydrogen-bond acceptors (Lipinski definition) is 2. The Bertz CT molecular complexity index is 452. The monoisotopic (exact) mass is 330 g/mol. The first kappa shape index (κ1) is 17.6. The van der Waals surface area contributed by atoms with Crippen molar-refractivity contribution in [1.82, 2.24) is 0 Å². The van der Waals surface area contributed by atoms with Gasteiger partial charge < -0.3 is 4.74 Å². The van der Waals surface area contributed by atoms with Gasteiger partial charge in [-0.2, -0.15) is 35.1 Å². The summed E-state index contributed by atoms with van der Waals surface area (Å²) in [6, 6.07) is 0. The first-order valence-corrected chi connectivity index (χ1v) is 5.39. The number of ether oxygens (including phenoxy) is 1. The van der Waals surface area contributed by atoms with Gasteiger partial charge in [0.1, 0.15) is 0 Å². The molecule has 0 amide bonds. The molecular formula is C10H7F9O2. The van der Waals surface area contributed by atoms with Crippen LogP contribution in [0.5, 0.6) is 0 Å². The molecule has 0 aromatic carbocycles. The normalized spacial score (nSPS) is 28.9. The Morgan fingerprint density at radius 1 is 1.14 bits per heavy atom. The molecular weight excluding hydrogens is 323 g/mol. The Morgan fingerprint density at radius 2 is 1.67 bits per heavy atom. The summed E-state index contributed by atoms with van der Waals surface area (Å²) in [6.07, 6.45) is -15.3. The Labute approximate surface area is 111 Å². The van der Waals surface area contributed by atoms with E-state index in [0.717, 1.165) is 0 Å². The Morgan fingerprint density at radius 3 is 2.10 bits per heavy atom. The number of rotatable bonds is 2. The van der Waals surface area contributed by atoms with Crippen LogP contribution in [-0.4, -0.2) is 30.1 Å². The minimum atomic E-state index is -5.94. The van der Waals surface area contributed by atoms with Gasteiger partial charge in [0.2, 0.25) is 5.57 Å². The van der Waals surface area contributed by atoms with Crippen molar-refractivity contribution in [1.29, 1.82) is 0 Å². The van der Waals surface area contributed by atoms with Crippen LogP contribution in [0.15, 0.2) is 11.7 Å². The van der Waals surface area contributed by atoms with Gasteiger partial charge in [-0.3, -0.25) is 0 Å². The summed E-state index contributed by atoms with van der Waals surface area (Å²) in [5.74, 6) is -12.4. The van der Waals surface area contributed by atoms with Crippen LogP contribution in [-0.2, 0) is 9.53 Å². The summed E-state index contributed by atoms with van der Waals surface area (Å²) in [4.78, 5) is 10.9. The molecule has 0 spiro atoms. The molecule has 0 radical (unpaired) electrons. The van der Waals surface area contributed by atoms with Crippen molar-refractivity contribution in [3.8, 4) is 0 Å². The highest BCUT2D eigenvalue weighted by Crippen LogP contribution is 2.47. The number of esters is 1. The molecule has 1 aliphatic rings. The highest BCUT2D eigenvalue weighted by molar-refractivity contribution is 5.90. The van der Waals surface area contributed by atoms with Gasteiger partial charge in [0, 0.05) is 6.42 Å². The lowest BCUT2D eigenvalue weighted by atomic mass is 9.90. The van der Waals surface area contributed by atoms with Crippen molar-refractivity contribution >= 4 is 5.97 Å². The van der Waals surface area contributed by atoms with Gasteiger partial charge in [-0.05, 0) is 12.8 Å². The zero-order chi connectivity index (χ0) is 16.6. The van der Waals surface area contributed by atoms with Gasteiger partial charge in [0.25, 0.3) is 6.08 Å². The summed E-state index contributed by atoms with van der Waals surface area (Å²) < 4.78 is 117. The number of carbonyl (C=O) groups excluding carboxylic acids is 1. The topological polar surface area (TPSA) is 26.3 Å². The minimum absolute atomic E-state index is 0.566. The van der Waals surface area contributed by atoms with Crippen LogP contribution in [0.25, 0.3) is 0 Å². The molecule has 0 aliphatic heterocycles. The molecule has 1 saturated carbocycles. The van der Waals surface area contributed by atoms with Crippen molar-refractivity contribution in [3.05, 3.63) is 11.7 Å². The fourth-order valence-corrected chi connectivity index (χ4v) is 1.71. The summed E-state index contributed by atoms with van der Waals surface area (Å²) in [5, 5.41) is 0. The smallest absolute Gasteiger partial charge is 0.418 e. The second-order valence-electron chi connectivity index (χ2n) is 4.23. The largest absolute Gasteiger partial charge is 0.428 e. The van der Waals surface area contributed by atoms with Gasteiger partial charge >= 0.3 is 23.9 Å². The maximum atomic E-state index is 13.8. The lowest BCUT2D eigenvalue weighted by Crippen LogP contribution is -2.56. The van der Waals surface area contributed by atoms with E-state index in [4.69, 9.17) is 0 Å². The molecule has 2 unspecified atom stereocenters. The molecule has 1 fully saturated rings. The average Bonchev–Trinajstić information content (AvgIpc) is 2.23. The standard InChI is InChI=1S/C10H7F9O2/c11-4-2-1-3-8(14,9(4,15)16)21-7(20)5(6(12)13)10(17,18)19/h4H,1-3H2. The molecule has 2 nitrogen and oxygen atoms in total. The molecule has 2 atom stereocenters. The van der Waals surface area contributed by atoms with E-state index in [1.54, 1.807) is 0 Å².